The number of hydrogen-bond acceptors (Lipinski definition) is 3. The number of nitrogens with one attached hydrogen (secondary N) is 1. The van der Waals surface area contributed by atoms with Crippen LogP contribution < -0.4 is 10.1 Å². The van der Waals surface area contributed by atoms with E-state index in [2.05, 4.69) is 31.3 Å². The molecule has 0 aliphatic heterocycles. The van der Waals surface area contributed by atoms with Gasteiger partial charge in [0, 0.05) is 11.4 Å². The van der Waals surface area contributed by atoms with Crippen molar-refractivity contribution in [1.29, 1.82) is 0 Å². The minimum atomic E-state index is 0.972. The quantitative estimate of drug-likeness (QED) is 0.796. The van der Waals surface area contributed by atoms with Crippen LogP contribution in [0, 0.1) is 0 Å². The third-order valence-corrected chi connectivity index (χ3v) is 4.41. The fraction of sp³-hybridized carbons (Fsp3) is 0.467. The SMILES string of the molecule is CCCNCc1sc2c(OC)cccc2c1CC. The van der Waals surface area contributed by atoms with Gasteiger partial charge in [-0.3, -0.25) is 0 Å². The first-order valence-electron chi connectivity index (χ1n) is 6.59. The molecular weight excluding hydrogens is 242 g/mol. The molecule has 2 rings (SSSR count). The summed E-state index contributed by atoms with van der Waals surface area (Å²) in [6.07, 6.45) is 2.26. The van der Waals surface area contributed by atoms with E-state index in [1.54, 1.807) is 7.11 Å². The average molecular weight is 263 g/mol. The zero-order chi connectivity index (χ0) is 13.0. The maximum atomic E-state index is 5.46. The topological polar surface area (TPSA) is 21.3 Å². The average Bonchev–Trinajstić information content (AvgIpc) is 2.76. The highest BCUT2D eigenvalue weighted by Gasteiger charge is 2.13. The van der Waals surface area contributed by atoms with E-state index in [0.29, 0.717) is 0 Å². The molecule has 0 amide bonds. The lowest BCUT2D eigenvalue weighted by atomic mass is 10.1. The van der Waals surface area contributed by atoms with Gasteiger partial charge in [-0.05, 0) is 36.4 Å². The summed E-state index contributed by atoms with van der Waals surface area (Å²) in [7, 11) is 1.75. The van der Waals surface area contributed by atoms with Crippen LogP contribution in [-0.4, -0.2) is 13.7 Å². The molecule has 0 fully saturated rings. The number of benzene rings is 1. The predicted molar refractivity (Wildman–Crippen MR) is 79.8 cm³/mol. The Bertz CT molecular complexity index is 518. The van der Waals surface area contributed by atoms with Gasteiger partial charge in [0.25, 0.3) is 0 Å². The highest BCUT2D eigenvalue weighted by Crippen LogP contribution is 2.37. The summed E-state index contributed by atoms with van der Waals surface area (Å²) in [6.45, 7) is 6.47. The number of aryl methyl sites for hydroxylation is 1. The number of methoxy groups -OCH3 is 1. The lowest BCUT2D eigenvalue weighted by molar-refractivity contribution is 0.420. The Morgan fingerprint density at radius 1 is 1.28 bits per heavy atom. The summed E-state index contributed by atoms with van der Waals surface area (Å²) in [4.78, 5) is 1.45. The third kappa shape index (κ3) is 2.52. The van der Waals surface area contributed by atoms with Crippen LogP contribution in [0.15, 0.2) is 18.2 Å². The van der Waals surface area contributed by atoms with Crippen molar-refractivity contribution < 1.29 is 4.74 Å². The van der Waals surface area contributed by atoms with Crippen LogP contribution in [0.5, 0.6) is 5.75 Å². The summed E-state index contributed by atoms with van der Waals surface area (Å²) in [5.74, 6) is 0.994. The standard InChI is InChI=1S/C15H21NOS/c1-4-9-16-10-14-11(5-2)12-7-6-8-13(17-3)15(12)18-14/h6-8,16H,4-5,9-10H2,1-3H3. The molecule has 0 saturated heterocycles. The Hall–Kier alpha value is -1.06. The van der Waals surface area contributed by atoms with Gasteiger partial charge < -0.3 is 10.1 Å². The molecule has 1 aromatic carbocycles. The van der Waals surface area contributed by atoms with Crippen LogP contribution in [-0.2, 0) is 13.0 Å². The highest BCUT2D eigenvalue weighted by molar-refractivity contribution is 7.19. The number of rotatable bonds is 6. The second-order valence-corrected chi connectivity index (χ2v) is 5.48. The summed E-state index contributed by atoms with van der Waals surface area (Å²) >= 11 is 1.86. The molecule has 0 atom stereocenters. The van der Waals surface area contributed by atoms with E-state index in [1.807, 2.05) is 17.4 Å². The zero-order valence-electron chi connectivity index (χ0n) is 11.4. The molecule has 0 saturated carbocycles. The van der Waals surface area contributed by atoms with Crippen molar-refractivity contribution in [3.05, 3.63) is 28.6 Å². The van der Waals surface area contributed by atoms with E-state index in [0.717, 1.165) is 25.3 Å². The highest BCUT2D eigenvalue weighted by atomic mass is 32.1. The summed E-state index contributed by atoms with van der Waals surface area (Å²) < 4.78 is 6.74. The van der Waals surface area contributed by atoms with Gasteiger partial charge in [-0.15, -0.1) is 11.3 Å². The molecule has 1 aromatic heterocycles. The molecule has 0 aliphatic rings. The minimum absolute atomic E-state index is 0.972. The molecule has 18 heavy (non-hydrogen) atoms. The molecule has 0 unspecified atom stereocenters. The maximum Gasteiger partial charge on any atom is 0.136 e. The van der Waals surface area contributed by atoms with Gasteiger partial charge in [0.2, 0.25) is 0 Å². The molecular formula is C15H21NOS. The number of ether oxygens (including phenoxy) is 1. The van der Waals surface area contributed by atoms with Crippen molar-refractivity contribution >= 4 is 21.4 Å². The lowest BCUT2D eigenvalue weighted by Crippen LogP contribution is -2.13. The molecule has 98 valence electrons. The van der Waals surface area contributed by atoms with E-state index < -0.39 is 0 Å². The molecule has 0 aliphatic carbocycles. The molecule has 2 aromatic rings. The van der Waals surface area contributed by atoms with Gasteiger partial charge in [-0.25, -0.2) is 0 Å². The van der Waals surface area contributed by atoms with Crippen LogP contribution >= 0.6 is 11.3 Å². The van der Waals surface area contributed by atoms with Crippen molar-refractivity contribution in [3.63, 3.8) is 0 Å². The van der Waals surface area contributed by atoms with Crippen molar-refractivity contribution in [1.82, 2.24) is 5.32 Å². The number of thiophene rings is 1. The second kappa shape index (κ2) is 6.21. The summed E-state index contributed by atoms with van der Waals surface area (Å²) in [6, 6.07) is 6.33. The molecule has 0 spiro atoms. The molecule has 1 N–H and O–H groups in total. The smallest absolute Gasteiger partial charge is 0.136 e. The van der Waals surface area contributed by atoms with E-state index in [4.69, 9.17) is 4.74 Å². The largest absolute Gasteiger partial charge is 0.495 e. The Morgan fingerprint density at radius 2 is 2.11 bits per heavy atom. The molecule has 0 bridgehead atoms. The monoisotopic (exact) mass is 263 g/mol. The van der Waals surface area contributed by atoms with Crippen LogP contribution in [0.2, 0.25) is 0 Å². The Kier molecular flexibility index (Phi) is 4.61. The minimum Gasteiger partial charge on any atom is -0.495 e. The van der Waals surface area contributed by atoms with Gasteiger partial charge in [-0.2, -0.15) is 0 Å². The predicted octanol–water partition coefficient (Wildman–Crippen LogP) is 3.97. The van der Waals surface area contributed by atoms with Crippen molar-refractivity contribution in [2.75, 3.05) is 13.7 Å². The first kappa shape index (κ1) is 13.4. The van der Waals surface area contributed by atoms with Gasteiger partial charge in [0.05, 0.1) is 11.8 Å². The van der Waals surface area contributed by atoms with Crippen LogP contribution in [0.4, 0.5) is 0 Å². The van der Waals surface area contributed by atoms with Gasteiger partial charge in [0.15, 0.2) is 0 Å². The molecule has 0 radical (unpaired) electrons. The summed E-state index contributed by atoms with van der Waals surface area (Å²) in [5.41, 5.74) is 1.47. The Balaban J connectivity index is 2.40. The zero-order valence-corrected chi connectivity index (χ0v) is 12.2. The maximum absolute atomic E-state index is 5.46. The fourth-order valence-corrected chi connectivity index (χ4v) is 3.61. The number of hydrogen-bond donors (Lipinski definition) is 1. The van der Waals surface area contributed by atoms with E-state index in [-0.39, 0.29) is 0 Å². The van der Waals surface area contributed by atoms with Gasteiger partial charge >= 0.3 is 0 Å². The normalized spacial score (nSPS) is 11.1. The molecule has 1 heterocycles. The summed E-state index contributed by atoms with van der Waals surface area (Å²) in [5, 5.41) is 4.85. The van der Waals surface area contributed by atoms with Gasteiger partial charge in [-0.1, -0.05) is 26.0 Å². The van der Waals surface area contributed by atoms with Crippen molar-refractivity contribution in [2.24, 2.45) is 0 Å². The van der Waals surface area contributed by atoms with E-state index in [9.17, 15) is 0 Å². The van der Waals surface area contributed by atoms with E-state index >= 15 is 0 Å². The van der Waals surface area contributed by atoms with Crippen LogP contribution in [0.25, 0.3) is 10.1 Å². The van der Waals surface area contributed by atoms with Crippen LogP contribution in [0.1, 0.15) is 30.7 Å². The lowest BCUT2D eigenvalue weighted by Gasteiger charge is -2.03. The fourth-order valence-electron chi connectivity index (χ4n) is 2.26. The van der Waals surface area contributed by atoms with Crippen LogP contribution in [0.3, 0.4) is 0 Å². The van der Waals surface area contributed by atoms with Crippen molar-refractivity contribution in [3.8, 4) is 5.75 Å². The van der Waals surface area contributed by atoms with E-state index in [1.165, 1.54) is 26.9 Å². The second-order valence-electron chi connectivity index (χ2n) is 4.37. The molecule has 3 heteroatoms. The number of fused-ring (bicyclic) bond motifs is 1. The third-order valence-electron chi connectivity index (χ3n) is 3.15. The Morgan fingerprint density at radius 3 is 2.78 bits per heavy atom. The van der Waals surface area contributed by atoms with Crippen molar-refractivity contribution in [2.45, 2.75) is 33.2 Å². The first-order chi connectivity index (χ1) is 8.81. The molecule has 2 nitrogen and oxygen atoms in total. The Labute approximate surface area is 113 Å². The first-order valence-corrected chi connectivity index (χ1v) is 7.41. The van der Waals surface area contributed by atoms with Gasteiger partial charge in [0.1, 0.15) is 5.75 Å².